The molecule has 1 aromatic heterocycles. The lowest BCUT2D eigenvalue weighted by atomic mass is 9.98. The third kappa shape index (κ3) is 6.11. The third-order valence-electron chi connectivity index (χ3n) is 4.33. The first-order valence-electron chi connectivity index (χ1n) is 8.40. The number of aryl methyl sites for hydroxylation is 2. The van der Waals surface area contributed by atoms with Gasteiger partial charge in [-0.1, -0.05) is 18.7 Å². The molecule has 1 atom stereocenters. The number of aromatic nitrogens is 2. The zero-order valence-electron chi connectivity index (χ0n) is 14.6. The van der Waals surface area contributed by atoms with Crippen LogP contribution in [0.3, 0.4) is 0 Å². The van der Waals surface area contributed by atoms with Gasteiger partial charge in [-0.2, -0.15) is 0 Å². The maximum Gasteiger partial charge on any atom is 0.230 e. The molecule has 0 aliphatic carbocycles. The number of amides is 1. The van der Waals surface area contributed by atoms with Gasteiger partial charge in [0.05, 0.1) is 5.75 Å². The molecule has 23 heavy (non-hydrogen) atoms. The first kappa shape index (κ1) is 18.2. The van der Waals surface area contributed by atoms with E-state index in [1.165, 1.54) is 24.6 Å². The van der Waals surface area contributed by atoms with Gasteiger partial charge < -0.3 is 5.32 Å². The zero-order chi connectivity index (χ0) is 16.8. The van der Waals surface area contributed by atoms with Gasteiger partial charge in [0.2, 0.25) is 5.91 Å². The minimum absolute atomic E-state index is 0.0509. The highest BCUT2D eigenvalue weighted by Crippen LogP contribution is 2.18. The van der Waals surface area contributed by atoms with Crippen molar-refractivity contribution in [3.05, 3.63) is 17.5 Å². The van der Waals surface area contributed by atoms with Crippen LogP contribution in [-0.2, 0) is 4.79 Å². The van der Waals surface area contributed by atoms with Gasteiger partial charge in [0.15, 0.2) is 5.16 Å². The van der Waals surface area contributed by atoms with Crippen LogP contribution in [0.15, 0.2) is 11.2 Å². The van der Waals surface area contributed by atoms with Crippen molar-refractivity contribution >= 4 is 17.7 Å². The summed E-state index contributed by atoms with van der Waals surface area (Å²) in [6, 6.07) is 2.33. The molecule has 2 rings (SSSR count). The van der Waals surface area contributed by atoms with Gasteiger partial charge in [-0.3, -0.25) is 9.69 Å². The van der Waals surface area contributed by atoms with E-state index in [9.17, 15) is 4.79 Å². The molecule has 1 aliphatic heterocycles. The molecular weight excluding hydrogens is 308 g/mol. The Morgan fingerprint density at radius 2 is 1.96 bits per heavy atom. The molecule has 1 aliphatic rings. The lowest BCUT2D eigenvalue weighted by Crippen LogP contribution is -2.45. The standard InChI is InChI=1S/C17H28N4OS/c1-12-5-7-21(8-6-12)15(4)10-18-16(22)11-23-17-19-13(2)9-14(3)20-17/h9,12,15H,5-8,10-11H2,1-4H3,(H,18,22). The fraction of sp³-hybridized carbons (Fsp3) is 0.706. The molecule has 1 amide bonds. The first-order valence-corrected chi connectivity index (χ1v) is 9.38. The van der Waals surface area contributed by atoms with E-state index in [0.717, 1.165) is 30.4 Å². The molecule has 0 spiro atoms. The Morgan fingerprint density at radius 3 is 2.57 bits per heavy atom. The second-order valence-electron chi connectivity index (χ2n) is 6.59. The van der Waals surface area contributed by atoms with Crippen molar-refractivity contribution in [2.75, 3.05) is 25.4 Å². The lowest BCUT2D eigenvalue weighted by Gasteiger charge is -2.35. The highest BCUT2D eigenvalue weighted by molar-refractivity contribution is 7.99. The minimum Gasteiger partial charge on any atom is -0.354 e. The largest absolute Gasteiger partial charge is 0.354 e. The molecule has 1 fully saturated rings. The third-order valence-corrected chi connectivity index (χ3v) is 5.18. The molecule has 128 valence electrons. The molecular formula is C17H28N4OS. The van der Waals surface area contributed by atoms with Crippen molar-refractivity contribution in [2.24, 2.45) is 5.92 Å². The number of hydrogen-bond acceptors (Lipinski definition) is 5. The smallest absolute Gasteiger partial charge is 0.230 e. The monoisotopic (exact) mass is 336 g/mol. The molecule has 1 aromatic rings. The summed E-state index contributed by atoms with van der Waals surface area (Å²) in [5.74, 6) is 1.25. The van der Waals surface area contributed by atoms with Crippen LogP contribution in [0.4, 0.5) is 0 Å². The summed E-state index contributed by atoms with van der Waals surface area (Å²) in [4.78, 5) is 23.2. The molecule has 0 bridgehead atoms. The number of thioether (sulfide) groups is 1. The van der Waals surface area contributed by atoms with Crippen molar-refractivity contribution in [3.63, 3.8) is 0 Å². The predicted octanol–water partition coefficient (Wildman–Crippen LogP) is 2.42. The Morgan fingerprint density at radius 1 is 1.35 bits per heavy atom. The molecule has 2 heterocycles. The Kier molecular flexibility index (Phi) is 6.84. The number of rotatable bonds is 6. The van der Waals surface area contributed by atoms with E-state index in [2.05, 4.69) is 34.0 Å². The summed E-state index contributed by atoms with van der Waals surface area (Å²) >= 11 is 1.40. The predicted molar refractivity (Wildman–Crippen MR) is 94.7 cm³/mol. The van der Waals surface area contributed by atoms with Crippen molar-refractivity contribution in [1.82, 2.24) is 20.2 Å². The highest BCUT2D eigenvalue weighted by Gasteiger charge is 2.20. The van der Waals surface area contributed by atoms with Gasteiger partial charge in [0.25, 0.3) is 0 Å². The topological polar surface area (TPSA) is 58.1 Å². The van der Waals surface area contributed by atoms with E-state index in [1.807, 2.05) is 19.9 Å². The zero-order valence-corrected chi connectivity index (χ0v) is 15.4. The average molecular weight is 337 g/mol. The van der Waals surface area contributed by atoms with Gasteiger partial charge in [-0.25, -0.2) is 9.97 Å². The second kappa shape index (κ2) is 8.64. The maximum absolute atomic E-state index is 12.0. The van der Waals surface area contributed by atoms with Crippen molar-refractivity contribution < 1.29 is 4.79 Å². The number of carbonyl (C=O) groups excluding carboxylic acids is 1. The van der Waals surface area contributed by atoms with E-state index >= 15 is 0 Å². The summed E-state index contributed by atoms with van der Waals surface area (Å²) < 4.78 is 0. The minimum atomic E-state index is 0.0509. The van der Waals surface area contributed by atoms with Crippen LogP contribution in [-0.4, -0.2) is 52.2 Å². The van der Waals surface area contributed by atoms with E-state index in [0.29, 0.717) is 23.5 Å². The molecule has 1 unspecified atom stereocenters. The van der Waals surface area contributed by atoms with E-state index in [-0.39, 0.29) is 5.91 Å². The van der Waals surface area contributed by atoms with Gasteiger partial charge in [-0.15, -0.1) is 0 Å². The van der Waals surface area contributed by atoms with Gasteiger partial charge >= 0.3 is 0 Å². The molecule has 1 N–H and O–H groups in total. The van der Waals surface area contributed by atoms with Crippen LogP contribution in [0.5, 0.6) is 0 Å². The van der Waals surface area contributed by atoms with Crippen LogP contribution in [0.1, 0.15) is 38.1 Å². The SMILES string of the molecule is Cc1cc(C)nc(SCC(=O)NCC(C)N2CCC(C)CC2)n1. The van der Waals surface area contributed by atoms with Crippen LogP contribution >= 0.6 is 11.8 Å². The molecule has 0 saturated carbocycles. The number of nitrogens with one attached hydrogen (secondary N) is 1. The number of piperidine rings is 1. The van der Waals surface area contributed by atoms with Gasteiger partial charge in [0.1, 0.15) is 0 Å². The Balaban J connectivity index is 1.70. The van der Waals surface area contributed by atoms with Crippen molar-refractivity contribution in [1.29, 1.82) is 0 Å². The summed E-state index contributed by atoms with van der Waals surface area (Å²) in [7, 11) is 0. The Hall–Kier alpha value is -1.14. The van der Waals surface area contributed by atoms with Gasteiger partial charge in [-0.05, 0) is 58.7 Å². The maximum atomic E-state index is 12.0. The summed E-state index contributed by atoms with van der Waals surface area (Å²) in [5.41, 5.74) is 1.88. The number of likely N-dealkylation sites (tertiary alicyclic amines) is 1. The van der Waals surface area contributed by atoms with Crippen molar-refractivity contribution in [3.8, 4) is 0 Å². The summed E-state index contributed by atoms with van der Waals surface area (Å²) in [5, 5.41) is 3.71. The summed E-state index contributed by atoms with van der Waals surface area (Å²) in [6.07, 6.45) is 2.52. The highest BCUT2D eigenvalue weighted by atomic mass is 32.2. The van der Waals surface area contributed by atoms with E-state index < -0.39 is 0 Å². The van der Waals surface area contributed by atoms with Gasteiger partial charge in [0, 0.05) is 24.0 Å². The lowest BCUT2D eigenvalue weighted by molar-refractivity contribution is -0.118. The second-order valence-corrected chi connectivity index (χ2v) is 7.54. The first-order chi connectivity index (χ1) is 10.9. The number of carbonyl (C=O) groups is 1. The normalized spacial score (nSPS) is 17.9. The number of hydrogen-bond donors (Lipinski definition) is 1. The molecule has 1 saturated heterocycles. The number of nitrogens with zero attached hydrogens (tertiary/aromatic N) is 3. The van der Waals surface area contributed by atoms with Crippen LogP contribution in [0.25, 0.3) is 0 Å². The quantitative estimate of drug-likeness (QED) is 0.639. The molecule has 0 radical (unpaired) electrons. The molecule has 5 nitrogen and oxygen atoms in total. The van der Waals surface area contributed by atoms with Crippen LogP contribution < -0.4 is 5.32 Å². The molecule has 0 aromatic carbocycles. The fourth-order valence-electron chi connectivity index (χ4n) is 2.80. The van der Waals surface area contributed by atoms with E-state index in [4.69, 9.17) is 0 Å². The Labute approximate surface area is 143 Å². The average Bonchev–Trinajstić information content (AvgIpc) is 2.50. The van der Waals surface area contributed by atoms with Crippen molar-refractivity contribution in [2.45, 2.75) is 51.7 Å². The van der Waals surface area contributed by atoms with Crippen LogP contribution in [0.2, 0.25) is 0 Å². The van der Waals surface area contributed by atoms with Crippen LogP contribution in [0, 0.1) is 19.8 Å². The van der Waals surface area contributed by atoms with E-state index in [1.54, 1.807) is 0 Å². The fourth-order valence-corrected chi connectivity index (χ4v) is 3.58. The molecule has 6 heteroatoms. The summed E-state index contributed by atoms with van der Waals surface area (Å²) in [6.45, 7) is 11.4. The Bertz CT molecular complexity index is 509.